The van der Waals surface area contributed by atoms with E-state index in [2.05, 4.69) is 81.4 Å². The lowest BCUT2D eigenvalue weighted by atomic mass is 9.80. The van der Waals surface area contributed by atoms with Crippen LogP contribution in [0.25, 0.3) is 23.8 Å². The summed E-state index contributed by atoms with van der Waals surface area (Å²) >= 11 is 0. The summed E-state index contributed by atoms with van der Waals surface area (Å²) in [6.45, 7) is 26.0. The third-order valence-corrected chi connectivity index (χ3v) is 15.1. The Kier molecular flexibility index (Phi) is 16.5. The van der Waals surface area contributed by atoms with Crippen LogP contribution in [-0.4, -0.2) is 57.5 Å². The van der Waals surface area contributed by atoms with Crippen LogP contribution in [0.1, 0.15) is 186 Å². The van der Waals surface area contributed by atoms with E-state index in [-0.39, 0.29) is 36.6 Å². The Morgan fingerprint density at radius 2 is 1.54 bits per heavy atom. The Labute approximate surface area is 387 Å². The molecule has 1 aliphatic carbocycles. The van der Waals surface area contributed by atoms with Crippen molar-refractivity contribution in [3.8, 4) is 0 Å². The zero-order valence-corrected chi connectivity index (χ0v) is 41.3. The number of nitrogens with one attached hydrogen (secondary N) is 4. The number of ketones is 1. The van der Waals surface area contributed by atoms with Gasteiger partial charge in [0.05, 0.1) is 29.9 Å². The van der Waals surface area contributed by atoms with Crippen LogP contribution in [0.15, 0.2) is 23.9 Å². The number of hydrogen-bond acceptors (Lipinski definition) is 7. The number of fused-ring (bicyclic) bond motifs is 8. The lowest BCUT2D eigenvalue weighted by molar-refractivity contribution is -0.143. The number of esters is 2. The number of H-pyrrole nitrogens is 3. The molecule has 0 aromatic carbocycles. The number of aromatic nitrogens is 3. The van der Waals surface area contributed by atoms with Crippen LogP contribution in [0.3, 0.4) is 0 Å². The molecule has 354 valence electrons. The molecule has 6 rings (SSSR count). The molecule has 1 saturated heterocycles. The van der Waals surface area contributed by atoms with Crippen LogP contribution >= 0.6 is 0 Å². The zero-order chi connectivity index (χ0) is 47.3. The van der Waals surface area contributed by atoms with Crippen molar-refractivity contribution in [1.29, 1.82) is 0 Å². The van der Waals surface area contributed by atoms with Crippen molar-refractivity contribution < 1.29 is 29.0 Å². The minimum absolute atomic E-state index is 0.110. The molecule has 7 atom stereocenters. The third-order valence-electron chi connectivity index (χ3n) is 15.1. The van der Waals surface area contributed by atoms with E-state index < -0.39 is 24.0 Å². The van der Waals surface area contributed by atoms with Gasteiger partial charge in [0.2, 0.25) is 0 Å². The van der Waals surface area contributed by atoms with Crippen LogP contribution in [0.5, 0.6) is 0 Å². The molecule has 0 amide bonds. The number of hydrogen-bond donors (Lipinski definition) is 5. The first-order valence-corrected chi connectivity index (χ1v) is 24.6. The van der Waals surface area contributed by atoms with Crippen LogP contribution in [0.4, 0.5) is 0 Å². The van der Waals surface area contributed by atoms with Gasteiger partial charge >= 0.3 is 11.9 Å². The number of aromatic amines is 3. The third kappa shape index (κ3) is 10.7. The van der Waals surface area contributed by atoms with Gasteiger partial charge in [-0.2, -0.15) is 0 Å². The van der Waals surface area contributed by atoms with Crippen molar-refractivity contribution in [1.82, 2.24) is 20.3 Å². The molecule has 3 aromatic rings. The van der Waals surface area contributed by atoms with E-state index in [1.807, 2.05) is 32.9 Å². The fourth-order valence-electron chi connectivity index (χ4n) is 10.9. The van der Waals surface area contributed by atoms with Gasteiger partial charge in [-0.1, -0.05) is 105 Å². The first-order chi connectivity index (χ1) is 31.0. The average molecular weight is 891 g/mol. The highest BCUT2D eigenvalue weighted by atomic mass is 16.5. The molecule has 10 nitrogen and oxygen atoms in total. The maximum atomic E-state index is 14.4. The fraction of sp³-hybridized carbons (Fsp3) is 0.582. The first kappa shape index (κ1) is 49.6. The van der Waals surface area contributed by atoms with E-state index in [0.29, 0.717) is 40.2 Å². The summed E-state index contributed by atoms with van der Waals surface area (Å²) in [6, 6.07) is -0.482. The van der Waals surface area contributed by atoms with Gasteiger partial charge < -0.3 is 34.8 Å². The van der Waals surface area contributed by atoms with E-state index in [4.69, 9.17) is 9.47 Å². The van der Waals surface area contributed by atoms with Crippen LogP contribution in [-0.2, 0) is 25.5 Å². The normalized spacial score (nSPS) is 22.6. The van der Waals surface area contributed by atoms with Gasteiger partial charge in [0, 0.05) is 45.9 Å². The molecule has 0 spiro atoms. The van der Waals surface area contributed by atoms with Crippen molar-refractivity contribution in [2.45, 2.75) is 158 Å². The Morgan fingerprint density at radius 1 is 0.877 bits per heavy atom. The van der Waals surface area contributed by atoms with Crippen molar-refractivity contribution in [2.75, 3.05) is 13.7 Å². The van der Waals surface area contributed by atoms with Gasteiger partial charge in [-0.25, -0.2) is 0 Å². The summed E-state index contributed by atoms with van der Waals surface area (Å²) in [4.78, 5) is 52.2. The quantitative estimate of drug-likeness (QED) is 0.0431. The summed E-state index contributed by atoms with van der Waals surface area (Å²) in [5.74, 6) is -0.303. The minimum Gasteiger partial charge on any atom is -0.468 e. The maximum Gasteiger partial charge on any atom is 0.320 e. The van der Waals surface area contributed by atoms with E-state index in [1.54, 1.807) is 6.08 Å². The number of aliphatic hydroxyl groups is 1. The summed E-state index contributed by atoms with van der Waals surface area (Å²) in [5, 5.41) is 17.1. The van der Waals surface area contributed by atoms with E-state index in [1.165, 1.54) is 57.6 Å². The van der Waals surface area contributed by atoms with Gasteiger partial charge in [-0.3, -0.25) is 14.4 Å². The van der Waals surface area contributed by atoms with Crippen molar-refractivity contribution >= 4 is 41.5 Å². The van der Waals surface area contributed by atoms with Crippen molar-refractivity contribution in [3.05, 3.63) is 90.8 Å². The van der Waals surface area contributed by atoms with E-state index in [9.17, 15) is 19.5 Å². The second kappa shape index (κ2) is 21.6. The first-order valence-electron chi connectivity index (χ1n) is 24.6. The number of Topliss-reactive ketones (excluding diaryl/α,β-unsaturated/α-hetero) is 1. The van der Waals surface area contributed by atoms with Gasteiger partial charge in [0.25, 0.3) is 0 Å². The Bertz CT molecular complexity index is 2420. The molecule has 3 aromatic heterocycles. The highest BCUT2D eigenvalue weighted by molar-refractivity contribution is 6.19. The number of carbonyl (C=O) groups is 3. The van der Waals surface area contributed by atoms with Crippen LogP contribution < -0.4 is 16.0 Å². The largest absolute Gasteiger partial charge is 0.468 e. The Balaban J connectivity index is 1.22. The predicted octanol–water partition coefficient (Wildman–Crippen LogP) is 10.1. The van der Waals surface area contributed by atoms with E-state index in [0.717, 1.165) is 81.3 Å². The Hall–Kier alpha value is -4.83. The summed E-state index contributed by atoms with van der Waals surface area (Å²) < 4.78 is 11.1. The average Bonchev–Trinajstić information content (AvgIpc) is 4.02. The number of carbonyl (C=O) groups excluding carboxylic acids is 3. The zero-order valence-electron chi connectivity index (χ0n) is 41.3. The molecule has 1 fully saturated rings. The van der Waals surface area contributed by atoms with Gasteiger partial charge in [0.15, 0.2) is 5.78 Å². The maximum absolute atomic E-state index is 14.4. The molecule has 1 unspecified atom stereocenters. The topological polar surface area (TPSA) is 149 Å². The van der Waals surface area contributed by atoms with Crippen LogP contribution in [0, 0.1) is 56.3 Å². The molecule has 5 heterocycles. The number of ether oxygens (including phenoxy) is 2. The smallest absolute Gasteiger partial charge is 0.320 e. The fourth-order valence-corrected chi connectivity index (χ4v) is 10.9. The molecule has 8 bridgehead atoms. The molecule has 65 heavy (non-hydrogen) atoms. The summed E-state index contributed by atoms with van der Waals surface area (Å²) in [6.07, 6.45) is 19.5. The molecular formula is C55H78N4O6. The monoisotopic (exact) mass is 891 g/mol. The number of aliphatic hydroxyl groups excluding tert-OH is 1. The van der Waals surface area contributed by atoms with Crippen molar-refractivity contribution in [2.24, 2.45) is 35.5 Å². The van der Waals surface area contributed by atoms with Gasteiger partial charge in [0.1, 0.15) is 18.6 Å². The SMILES string of the molecule is C=Cc1c2[nH]c(c1C)/C=C1\NC(C3=c4[nH]/c(c(C)c4C(=O)[C@@H]3C(=O)OC)=C\c3[nH]c(c(C)c3CC)[C@H]2O)[C@@H](CCC(=O)OC/C=C(\C)CCC[C@H](C)CCC[C@H](C)CCCC(C)C)[C@@H]1C. The minimum atomic E-state index is -1.14. The Morgan fingerprint density at radius 3 is 2.18 bits per heavy atom. The molecule has 0 saturated carbocycles. The second-order valence-corrected chi connectivity index (χ2v) is 20.1. The van der Waals surface area contributed by atoms with Crippen molar-refractivity contribution in [3.63, 3.8) is 0 Å². The summed E-state index contributed by atoms with van der Waals surface area (Å²) in [7, 11) is 1.32. The van der Waals surface area contributed by atoms with Gasteiger partial charge in [-0.05, 0) is 123 Å². The number of methoxy groups -OCH3 is 1. The standard InChI is InChI=1S/C55H78N4O6/c1-13-38-36(10)49-54(62)51-39(14-2)34(8)41(57-51)28-42-35(9)40(50(56-42)47-48(55(63)64-12)53(61)46-37(11)43(58-52(46)47)29-44(38)59-49)24-25-45(60)65-27-26-33(7)23-17-22-32(6)21-16-20-31(5)19-15-18-30(3)4/h14,26,28-32,35,40,48,50,54,56-59,62H,2,13,15-25,27H2,1,3-12H3/b33-26+,42-28-,43-29-/t31-,32-,35+,40+,48-,50?,54-/m1/s1. The predicted molar refractivity (Wildman–Crippen MR) is 262 cm³/mol. The second-order valence-electron chi connectivity index (χ2n) is 20.1. The van der Waals surface area contributed by atoms with E-state index >= 15 is 0 Å². The van der Waals surface area contributed by atoms with Crippen LogP contribution in [0.2, 0.25) is 0 Å². The lowest BCUT2D eigenvalue weighted by Crippen LogP contribution is -2.38. The number of allylic oxidation sites excluding steroid dienone is 2. The molecule has 5 N–H and O–H groups in total. The van der Waals surface area contributed by atoms with Gasteiger partial charge in [-0.15, -0.1) is 0 Å². The number of rotatable bonds is 20. The lowest BCUT2D eigenvalue weighted by Gasteiger charge is -2.25. The molecule has 3 aliphatic rings. The molecular weight excluding hydrogens is 813 g/mol. The summed E-state index contributed by atoms with van der Waals surface area (Å²) in [5.41, 5.74) is 10.7. The molecule has 2 aliphatic heterocycles. The highest BCUT2D eigenvalue weighted by Gasteiger charge is 2.49. The molecule has 0 radical (unpaired) electrons. The molecule has 10 heteroatoms. The highest BCUT2D eigenvalue weighted by Crippen LogP contribution is 2.43.